The third-order valence-corrected chi connectivity index (χ3v) is 12.5. The van der Waals surface area contributed by atoms with Crippen LogP contribution in [-0.2, 0) is 13.1 Å². The molecule has 2 aromatic carbocycles. The summed E-state index contributed by atoms with van der Waals surface area (Å²) in [5.41, 5.74) is 5.79. The molecule has 2 heterocycles. The van der Waals surface area contributed by atoms with Crippen LogP contribution in [-0.4, -0.2) is 9.13 Å². The minimum absolute atomic E-state index is 0.726. The van der Waals surface area contributed by atoms with E-state index in [4.69, 9.17) is 0 Å². The molecule has 2 aromatic heterocycles. The van der Waals surface area contributed by atoms with Crippen LogP contribution in [0.2, 0.25) is 0 Å². The summed E-state index contributed by atoms with van der Waals surface area (Å²) in [7, 11) is 0. The molecule has 0 N–H and O–H groups in total. The largest absolute Gasteiger partial charge is 0.338 e. The molecular weight excluding hydrogens is 740 g/mol. The first-order valence-electron chi connectivity index (χ1n) is 21.4. The summed E-state index contributed by atoms with van der Waals surface area (Å²) in [5.74, 6) is 1.45. The van der Waals surface area contributed by atoms with Gasteiger partial charge in [-0.05, 0) is 73.9 Å². The number of nitrogens with zero attached hydrogens (tertiary/aromatic N) is 2. The number of hydrogen-bond donors (Lipinski definition) is 0. The topological polar surface area (TPSA) is 9.86 Å². The third-order valence-electron chi connectivity index (χ3n) is 11.5. The van der Waals surface area contributed by atoms with Crippen LogP contribution in [0.1, 0.15) is 182 Å². The first kappa shape index (κ1) is 41.5. The molecule has 0 fully saturated rings. The van der Waals surface area contributed by atoms with Crippen molar-refractivity contribution < 1.29 is 0 Å². The molecule has 0 saturated carbocycles. The van der Waals surface area contributed by atoms with Gasteiger partial charge >= 0.3 is 0 Å². The fourth-order valence-corrected chi connectivity index (χ4v) is 9.29. The summed E-state index contributed by atoms with van der Waals surface area (Å²) in [6.07, 6.45) is 32.9. The number of fused-ring (bicyclic) bond motifs is 5. The van der Waals surface area contributed by atoms with Crippen molar-refractivity contribution in [2.24, 2.45) is 11.8 Å². The van der Waals surface area contributed by atoms with Crippen LogP contribution < -0.4 is 0 Å². The molecular formula is C46H72Br2N2. The predicted octanol–water partition coefficient (Wildman–Crippen LogP) is 16.9. The van der Waals surface area contributed by atoms with Crippen molar-refractivity contribution >= 4 is 64.7 Å². The highest BCUT2D eigenvalue weighted by Gasteiger charge is 2.24. The first-order valence-corrected chi connectivity index (χ1v) is 23.0. The second-order valence-corrected chi connectivity index (χ2v) is 17.6. The van der Waals surface area contributed by atoms with E-state index < -0.39 is 0 Å². The van der Waals surface area contributed by atoms with Crippen LogP contribution in [0.3, 0.4) is 0 Å². The van der Waals surface area contributed by atoms with Crippen LogP contribution >= 0.6 is 31.9 Å². The van der Waals surface area contributed by atoms with Crippen molar-refractivity contribution in [2.45, 2.75) is 195 Å². The predicted molar refractivity (Wildman–Crippen MR) is 231 cm³/mol. The molecule has 0 aliphatic carbocycles. The highest BCUT2D eigenvalue weighted by atomic mass is 79.9. The molecule has 2 nitrogen and oxygen atoms in total. The Morgan fingerprint density at radius 1 is 0.420 bits per heavy atom. The minimum atomic E-state index is 0.726. The number of benzene rings is 2. The van der Waals surface area contributed by atoms with E-state index in [-0.39, 0.29) is 0 Å². The molecule has 50 heavy (non-hydrogen) atoms. The highest BCUT2D eigenvalue weighted by Crippen LogP contribution is 2.41. The molecule has 0 bridgehead atoms. The number of halogens is 2. The Hall–Kier alpha value is -1.26. The zero-order valence-corrected chi connectivity index (χ0v) is 35.8. The van der Waals surface area contributed by atoms with Crippen LogP contribution in [0.15, 0.2) is 45.3 Å². The Morgan fingerprint density at radius 2 is 0.720 bits per heavy atom. The van der Waals surface area contributed by atoms with E-state index in [9.17, 15) is 0 Å². The lowest BCUT2D eigenvalue weighted by Crippen LogP contribution is -2.11. The van der Waals surface area contributed by atoms with Gasteiger partial charge in [0.15, 0.2) is 0 Å². The molecule has 0 aliphatic heterocycles. The van der Waals surface area contributed by atoms with E-state index in [0.717, 1.165) is 24.9 Å². The zero-order chi connectivity index (χ0) is 35.6. The van der Waals surface area contributed by atoms with Crippen molar-refractivity contribution in [3.05, 3.63) is 45.3 Å². The van der Waals surface area contributed by atoms with Gasteiger partial charge in [0.05, 0.1) is 22.1 Å². The van der Waals surface area contributed by atoms with Crippen molar-refractivity contribution in [3.63, 3.8) is 0 Å². The van der Waals surface area contributed by atoms with Gasteiger partial charge in [-0.3, -0.25) is 0 Å². The Labute approximate surface area is 324 Å². The summed E-state index contributed by atoms with van der Waals surface area (Å²) in [6.45, 7) is 11.6. The van der Waals surface area contributed by atoms with Gasteiger partial charge in [0.2, 0.25) is 0 Å². The fourth-order valence-electron chi connectivity index (χ4n) is 8.59. The molecule has 4 heteroatoms. The van der Waals surface area contributed by atoms with E-state index in [2.05, 4.69) is 105 Å². The van der Waals surface area contributed by atoms with Gasteiger partial charge in [0, 0.05) is 32.8 Å². The van der Waals surface area contributed by atoms with Crippen molar-refractivity contribution in [1.29, 1.82) is 0 Å². The SMILES string of the molecule is CCCCCCCCC(CCCCCC)Cn1c2cc(Br)ccc2c2c1c1ccc(Br)cc1n2CC(CCCCCC)CCCCCCCC. The maximum atomic E-state index is 3.89. The van der Waals surface area contributed by atoms with Crippen molar-refractivity contribution in [2.75, 3.05) is 0 Å². The molecule has 280 valence electrons. The van der Waals surface area contributed by atoms with Gasteiger partial charge in [0.25, 0.3) is 0 Å². The van der Waals surface area contributed by atoms with E-state index in [1.807, 2.05) is 0 Å². The van der Waals surface area contributed by atoms with Crippen LogP contribution in [0.25, 0.3) is 32.8 Å². The smallest absolute Gasteiger partial charge is 0.0754 e. The Kier molecular flexibility index (Phi) is 19.4. The van der Waals surface area contributed by atoms with Crippen LogP contribution in [0.5, 0.6) is 0 Å². The monoisotopic (exact) mass is 810 g/mol. The van der Waals surface area contributed by atoms with Crippen LogP contribution in [0.4, 0.5) is 0 Å². The molecule has 0 spiro atoms. The summed E-state index contributed by atoms with van der Waals surface area (Å²) < 4.78 is 7.93. The van der Waals surface area contributed by atoms with Gasteiger partial charge < -0.3 is 9.13 Å². The maximum absolute atomic E-state index is 3.89. The van der Waals surface area contributed by atoms with E-state index >= 15 is 0 Å². The summed E-state index contributed by atoms with van der Waals surface area (Å²) in [6, 6.07) is 14.2. The van der Waals surface area contributed by atoms with Gasteiger partial charge in [0.1, 0.15) is 0 Å². The molecule has 0 radical (unpaired) electrons. The van der Waals surface area contributed by atoms with Gasteiger partial charge in [-0.25, -0.2) is 0 Å². The lowest BCUT2D eigenvalue weighted by atomic mass is 9.94. The first-order chi connectivity index (χ1) is 24.5. The maximum Gasteiger partial charge on any atom is 0.0754 e. The lowest BCUT2D eigenvalue weighted by molar-refractivity contribution is 0.364. The third kappa shape index (κ3) is 12.4. The van der Waals surface area contributed by atoms with E-state index in [1.54, 1.807) is 0 Å². The number of unbranched alkanes of at least 4 members (excludes halogenated alkanes) is 16. The normalized spacial score (nSPS) is 13.3. The van der Waals surface area contributed by atoms with Gasteiger partial charge in [-0.2, -0.15) is 0 Å². The molecule has 0 amide bonds. The number of hydrogen-bond acceptors (Lipinski definition) is 0. The average Bonchev–Trinajstić information content (AvgIpc) is 3.58. The summed E-state index contributed by atoms with van der Waals surface area (Å²) in [4.78, 5) is 0. The quantitative estimate of drug-likeness (QED) is 0.0506. The van der Waals surface area contributed by atoms with Gasteiger partial charge in [-0.15, -0.1) is 0 Å². The van der Waals surface area contributed by atoms with Gasteiger partial charge in [-0.1, -0.05) is 188 Å². The second-order valence-electron chi connectivity index (χ2n) is 15.8. The average molecular weight is 813 g/mol. The summed E-state index contributed by atoms with van der Waals surface area (Å²) in [5, 5.41) is 2.87. The number of rotatable bonds is 28. The van der Waals surface area contributed by atoms with E-state index in [0.29, 0.717) is 0 Å². The highest BCUT2D eigenvalue weighted by molar-refractivity contribution is 9.10. The molecule has 2 atom stereocenters. The van der Waals surface area contributed by atoms with E-state index in [1.165, 1.54) is 196 Å². The molecule has 0 saturated heterocycles. The Bertz CT molecular complexity index is 1400. The fraction of sp³-hybridized carbons (Fsp3) is 0.696. The van der Waals surface area contributed by atoms with Crippen molar-refractivity contribution in [1.82, 2.24) is 9.13 Å². The molecule has 2 unspecified atom stereocenters. The lowest BCUT2D eigenvalue weighted by Gasteiger charge is -2.20. The minimum Gasteiger partial charge on any atom is -0.338 e. The van der Waals surface area contributed by atoms with Crippen LogP contribution in [0, 0.1) is 11.8 Å². The number of aromatic nitrogens is 2. The van der Waals surface area contributed by atoms with Crippen molar-refractivity contribution in [3.8, 4) is 0 Å². The zero-order valence-electron chi connectivity index (χ0n) is 32.7. The molecule has 4 rings (SSSR count). The standard InChI is InChI=1S/C46H72Br2N2/c1-5-9-13-17-19-23-27-37(25-21-15-11-7-3)35-49-43-33-39(47)29-31-41(43)46-45(49)42-32-30-40(48)34-44(42)50(46)36-38(26-22-16-12-8-4)28-24-20-18-14-10-6-2/h29-34,37-38H,5-28,35-36H2,1-4H3. The Morgan fingerprint density at radius 3 is 1.06 bits per heavy atom. The summed E-state index contributed by atoms with van der Waals surface area (Å²) >= 11 is 7.79. The molecule has 4 aromatic rings. The molecule has 0 aliphatic rings. The Balaban J connectivity index is 1.72. The second kappa shape index (κ2) is 23.4.